The van der Waals surface area contributed by atoms with Crippen LogP contribution < -0.4 is 0 Å². The third-order valence-electron chi connectivity index (χ3n) is 2.78. The summed E-state index contributed by atoms with van der Waals surface area (Å²) in [5.74, 6) is 0. The van der Waals surface area contributed by atoms with Crippen molar-refractivity contribution in [3.8, 4) is 0 Å². The van der Waals surface area contributed by atoms with E-state index in [4.69, 9.17) is 11.6 Å². The van der Waals surface area contributed by atoms with Gasteiger partial charge in [-0.05, 0) is 36.6 Å². The summed E-state index contributed by atoms with van der Waals surface area (Å²) in [4.78, 5) is 2.26. The smallest absolute Gasteiger partial charge is 0.0802 e. The first-order valence-corrected chi connectivity index (χ1v) is 6.78. The lowest BCUT2D eigenvalue weighted by atomic mass is 9.96. The second-order valence-electron chi connectivity index (χ2n) is 6.15. The second kappa shape index (κ2) is 6.55. The molecule has 1 unspecified atom stereocenters. The number of hydrogen-bond acceptors (Lipinski definition) is 2. The molecule has 1 N–H and O–H groups in total. The summed E-state index contributed by atoms with van der Waals surface area (Å²) in [5, 5.41) is 10.8. The molecule has 1 rings (SSSR count). The predicted molar refractivity (Wildman–Crippen MR) is 78.0 cm³/mol. The number of rotatable bonds is 5. The van der Waals surface area contributed by atoms with Gasteiger partial charge in [0.05, 0.1) is 6.10 Å². The summed E-state index contributed by atoms with van der Waals surface area (Å²) in [6.45, 7) is 8.58. The molecule has 0 amide bonds. The minimum Gasteiger partial charge on any atom is -0.388 e. The van der Waals surface area contributed by atoms with Crippen LogP contribution >= 0.6 is 11.6 Å². The number of benzene rings is 1. The zero-order chi connectivity index (χ0) is 13.8. The van der Waals surface area contributed by atoms with E-state index in [2.05, 4.69) is 32.7 Å². The Morgan fingerprint density at radius 3 is 2.28 bits per heavy atom. The third kappa shape index (κ3) is 5.85. The van der Waals surface area contributed by atoms with Crippen molar-refractivity contribution in [2.24, 2.45) is 5.41 Å². The van der Waals surface area contributed by atoms with Gasteiger partial charge in [-0.3, -0.25) is 0 Å². The quantitative estimate of drug-likeness (QED) is 0.880. The molecule has 1 aromatic carbocycles. The van der Waals surface area contributed by atoms with E-state index in [1.807, 2.05) is 24.3 Å². The van der Waals surface area contributed by atoms with Crippen LogP contribution in [0.3, 0.4) is 0 Å². The van der Waals surface area contributed by atoms with Crippen LogP contribution in [0.1, 0.15) is 38.9 Å². The normalized spacial score (nSPS) is 13.9. The van der Waals surface area contributed by atoms with Crippen molar-refractivity contribution in [1.82, 2.24) is 4.90 Å². The molecular weight excluding hydrogens is 246 g/mol. The van der Waals surface area contributed by atoms with Crippen LogP contribution in [0.15, 0.2) is 24.3 Å². The minimum atomic E-state index is -0.412. The van der Waals surface area contributed by atoms with Crippen LogP contribution in [0.2, 0.25) is 5.02 Å². The highest BCUT2D eigenvalue weighted by Crippen LogP contribution is 2.20. The molecule has 0 aliphatic carbocycles. The summed E-state index contributed by atoms with van der Waals surface area (Å²) in [6.07, 6.45) is 0.332. The van der Waals surface area contributed by atoms with E-state index in [0.717, 1.165) is 25.1 Å². The van der Waals surface area contributed by atoms with Crippen molar-refractivity contribution < 1.29 is 5.11 Å². The van der Waals surface area contributed by atoms with Crippen molar-refractivity contribution >= 4 is 11.6 Å². The molecule has 2 nitrogen and oxygen atoms in total. The third-order valence-corrected chi connectivity index (χ3v) is 3.04. The molecule has 0 radical (unpaired) electrons. The van der Waals surface area contributed by atoms with Gasteiger partial charge in [0.1, 0.15) is 0 Å². The lowest BCUT2D eigenvalue weighted by Gasteiger charge is -2.27. The standard InChI is InChI=1S/C15H24ClNO/c1-15(2,3)11-17(4)10-9-14(18)12-5-7-13(16)8-6-12/h5-8,14,18H,9-11H2,1-4H3. The highest BCUT2D eigenvalue weighted by Gasteiger charge is 2.15. The van der Waals surface area contributed by atoms with Gasteiger partial charge in [0.15, 0.2) is 0 Å². The van der Waals surface area contributed by atoms with Gasteiger partial charge in [-0.2, -0.15) is 0 Å². The Balaban J connectivity index is 2.41. The largest absolute Gasteiger partial charge is 0.388 e. The van der Waals surface area contributed by atoms with Crippen molar-refractivity contribution in [1.29, 1.82) is 0 Å². The van der Waals surface area contributed by atoms with Gasteiger partial charge < -0.3 is 10.0 Å². The molecule has 0 aromatic heterocycles. The van der Waals surface area contributed by atoms with Gasteiger partial charge in [0.2, 0.25) is 0 Å². The van der Waals surface area contributed by atoms with Gasteiger partial charge in [0.25, 0.3) is 0 Å². The number of aliphatic hydroxyl groups is 1. The molecule has 0 bridgehead atoms. The predicted octanol–water partition coefficient (Wildman–Crippen LogP) is 3.74. The summed E-state index contributed by atoms with van der Waals surface area (Å²) in [6, 6.07) is 7.41. The van der Waals surface area contributed by atoms with Gasteiger partial charge in [0, 0.05) is 18.1 Å². The van der Waals surface area contributed by atoms with Crippen LogP contribution in [-0.2, 0) is 0 Å². The molecule has 0 saturated carbocycles. The number of halogens is 1. The average molecular weight is 270 g/mol. The van der Waals surface area contributed by atoms with E-state index >= 15 is 0 Å². The Kier molecular flexibility index (Phi) is 5.64. The molecule has 1 aromatic rings. The Labute approximate surface area is 116 Å². The summed E-state index contributed by atoms with van der Waals surface area (Å²) in [7, 11) is 2.10. The Bertz CT molecular complexity index is 356. The summed E-state index contributed by atoms with van der Waals surface area (Å²) >= 11 is 5.83. The average Bonchev–Trinajstić information content (AvgIpc) is 2.24. The first-order valence-electron chi connectivity index (χ1n) is 6.40. The Morgan fingerprint density at radius 2 is 1.78 bits per heavy atom. The summed E-state index contributed by atoms with van der Waals surface area (Å²) < 4.78 is 0. The number of aliphatic hydroxyl groups excluding tert-OH is 1. The van der Waals surface area contributed by atoms with E-state index in [9.17, 15) is 5.11 Å². The van der Waals surface area contributed by atoms with Crippen LogP contribution in [0.5, 0.6) is 0 Å². The van der Waals surface area contributed by atoms with E-state index in [1.54, 1.807) is 0 Å². The highest BCUT2D eigenvalue weighted by atomic mass is 35.5. The number of hydrogen-bond donors (Lipinski definition) is 1. The molecule has 0 heterocycles. The van der Waals surface area contributed by atoms with Crippen molar-refractivity contribution in [2.75, 3.05) is 20.1 Å². The van der Waals surface area contributed by atoms with Crippen LogP contribution in [0.25, 0.3) is 0 Å². The van der Waals surface area contributed by atoms with Crippen LogP contribution in [0.4, 0.5) is 0 Å². The molecule has 0 aliphatic rings. The minimum absolute atomic E-state index is 0.292. The van der Waals surface area contributed by atoms with E-state index in [1.165, 1.54) is 0 Å². The van der Waals surface area contributed by atoms with Gasteiger partial charge >= 0.3 is 0 Å². The zero-order valence-electron chi connectivity index (χ0n) is 11.8. The van der Waals surface area contributed by atoms with E-state index in [-0.39, 0.29) is 0 Å². The topological polar surface area (TPSA) is 23.5 Å². The Morgan fingerprint density at radius 1 is 1.22 bits per heavy atom. The molecule has 102 valence electrons. The number of nitrogens with zero attached hydrogens (tertiary/aromatic N) is 1. The fraction of sp³-hybridized carbons (Fsp3) is 0.600. The first-order chi connectivity index (χ1) is 8.28. The molecule has 0 saturated heterocycles. The SMILES string of the molecule is CN(CCC(O)c1ccc(Cl)cc1)CC(C)(C)C. The fourth-order valence-electron chi connectivity index (χ4n) is 2.08. The molecular formula is C15H24ClNO. The molecule has 0 spiro atoms. The second-order valence-corrected chi connectivity index (χ2v) is 6.59. The molecule has 0 aliphatic heterocycles. The van der Waals surface area contributed by atoms with E-state index in [0.29, 0.717) is 10.4 Å². The van der Waals surface area contributed by atoms with Gasteiger partial charge in [-0.25, -0.2) is 0 Å². The van der Waals surface area contributed by atoms with Crippen molar-refractivity contribution in [3.05, 3.63) is 34.9 Å². The molecule has 3 heteroatoms. The maximum Gasteiger partial charge on any atom is 0.0802 e. The van der Waals surface area contributed by atoms with Crippen LogP contribution in [-0.4, -0.2) is 30.1 Å². The lowest BCUT2D eigenvalue weighted by molar-refractivity contribution is 0.137. The Hall–Kier alpha value is -0.570. The van der Waals surface area contributed by atoms with Crippen molar-refractivity contribution in [3.63, 3.8) is 0 Å². The zero-order valence-corrected chi connectivity index (χ0v) is 12.5. The van der Waals surface area contributed by atoms with Gasteiger partial charge in [-0.1, -0.05) is 44.5 Å². The molecule has 18 heavy (non-hydrogen) atoms. The maximum absolute atomic E-state index is 10.1. The van der Waals surface area contributed by atoms with E-state index < -0.39 is 6.10 Å². The fourth-order valence-corrected chi connectivity index (χ4v) is 2.21. The van der Waals surface area contributed by atoms with Gasteiger partial charge in [-0.15, -0.1) is 0 Å². The molecule has 0 fully saturated rings. The maximum atomic E-state index is 10.1. The molecule has 1 atom stereocenters. The summed E-state index contributed by atoms with van der Waals surface area (Å²) in [5.41, 5.74) is 1.23. The highest BCUT2D eigenvalue weighted by molar-refractivity contribution is 6.30. The first kappa shape index (κ1) is 15.5. The van der Waals surface area contributed by atoms with Crippen molar-refractivity contribution in [2.45, 2.75) is 33.3 Å². The van der Waals surface area contributed by atoms with Crippen LogP contribution in [0, 0.1) is 5.41 Å². The monoisotopic (exact) mass is 269 g/mol. The lowest BCUT2D eigenvalue weighted by Crippen LogP contribution is -2.30.